The van der Waals surface area contributed by atoms with E-state index in [9.17, 15) is 9.59 Å². The van der Waals surface area contributed by atoms with Crippen LogP contribution in [-0.4, -0.2) is 47.6 Å². The van der Waals surface area contributed by atoms with Crippen LogP contribution in [0.15, 0.2) is 23.8 Å². The average Bonchev–Trinajstić information content (AvgIpc) is 3.20. The molecule has 2 aliphatic rings. The minimum absolute atomic E-state index is 0.133. The van der Waals surface area contributed by atoms with Gasteiger partial charge in [-0.2, -0.15) is 0 Å². The van der Waals surface area contributed by atoms with Crippen LogP contribution in [0, 0.1) is 0 Å². The van der Waals surface area contributed by atoms with E-state index in [-0.39, 0.29) is 17.8 Å². The van der Waals surface area contributed by atoms with Gasteiger partial charge in [0.25, 0.3) is 0 Å². The highest BCUT2D eigenvalue weighted by Gasteiger charge is 2.24. The number of hydrogen-bond acceptors (Lipinski definition) is 4. The Balaban J connectivity index is 0.000000191. The van der Waals surface area contributed by atoms with Gasteiger partial charge < -0.3 is 19.7 Å². The van der Waals surface area contributed by atoms with E-state index < -0.39 is 11.9 Å². The first-order valence-corrected chi connectivity index (χ1v) is 5.94. The third-order valence-electron chi connectivity index (χ3n) is 2.61. The highest BCUT2D eigenvalue weighted by molar-refractivity contribution is 5.86. The molecule has 0 aromatic carbocycles. The van der Waals surface area contributed by atoms with Crippen LogP contribution in [0.5, 0.6) is 0 Å². The zero-order valence-electron chi connectivity index (χ0n) is 10.8. The molecule has 2 rings (SSSR count). The van der Waals surface area contributed by atoms with E-state index in [0.717, 1.165) is 13.0 Å². The second kappa shape index (κ2) is 7.06. The van der Waals surface area contributed by atoms with E-state index in [2.05, 4.69) is 6.58 Å². The Bertz CT molecular complexity index is 390. The standard InChI is InChI=1S/C7H10O3.C6H8O3/c1-5(7(8)9)2-3-6-4-10-6;1-4(6(7)8)2-5-3-9-5/h2,6H,3-4H2,1H3,(H,8,9);5H,1-3H2,(H,7,8). The van der Waals surface area contributed by atoms with Crippen molar-refractivity contribution in [1.82, 2.24) is 0 Å². The molecule has 2 fully saturated rings. The van der Waals surface area contributed by atoms with Crippen molar-refractivity contribution in [3.8, 4) is 0 Å². The summed E-state index contributed by atoms with van der Waals surface area (Å²) in [4.78, 5) is 20.3. The van der Waals surface area contributed by atoms with Gasteiger partial charge in [0.2, 0.25) is 0 Å². The largest absolute Gasteiger partial charge is 0.478 e. The first-order valence-electron chi connectivity index (χ1n) is 5.94. The number of carbonyl (C=O) groups is 2. The minimum Gasteiger partial charge on any atom is -0.478 e. The van der Waals surface area contributed by atoms with Crippen molar-refractivity contribution in [2.24, 2.45) is 0 Å². The Morgan fingerprint density at radius 3 is 2.11 bits per heavy atom. The van der Waals surface area contributed by atoms with E-state index in [1.165, 1.54) is 0 Å². The van der Waals surface area contributed by atoms with E-state index in [4.69, 9.17) is 19.7 Å². The van der Waals surface area contributed by atoms with Gasteiger partial charge >= 0.3 is 11.9 Å². The fourth-order valence-corrected chi connectivity index (χ4v) is 1.15. The number of carboxylic acid groups (broad SMARTS) is 2. The topological polar surface area (TPSA) is 99.7 Å². The van der Waals surface area contributed by atoms with Crippen molar-refractivity contribution in [3.05, 3.63) is 23.8 Å². The highest BCUT2D eigenvalue weighted by Crippen LogP contribution is 2.17. The third kappa shape index (κ3) is 7.38. The Morgan fingerprint density at radius 1 is 1.21 bits per heavy atom. The second-order valence-corrected chi connectivity index (χ2v) is 4.45. The normalized spacial score (nSPS) is 23.9. The molecule has 0 spiro atoms. The van der Waals surface area contributed by atoms with Crippen LogP contribution in [0.3, 0.4) is 0 Å². The molecule has 6 nitrogen and oxygen atoms in total. The lowest BCUT2D eigenvalue weighted by Crippen LogP contribution is -2.01. The predicted octanol–water partition coefficient (Wildman–Crippen LogP) is 1.22. The van der Waals surface area contributed by atoms with Crippen LogP contribution in [-0.2, 0) is 19.1 Å². The summed E-state index contributed by atoms with van der Waals surface area (Å²) in [5.74, 6) is -1.77. The molecule has 0 bridgehead atoms. The summed E-state index contributed by atoms with van der Waals surface area (Å²) in [7, 11) is 0. The van der Waals surface area contributed by atoms with Crippen LogP contribution in [0.25, 0.3) is 0 Å². The molecule has 2 N–H and O–H groups in total. The molecule has 6 heteroatoms. The van der Waals surface area contributed by atoms with E-state index in [1.54, 1.807) is 13.0 Å². The van der Waals surface area contributed by atoms with Crippen LogP contribution < -0.4 is 0 Å². The van der Waals surface area contributed by atoms with Gasteiger partial charge in [0, 0.05) is 17.6 Å². The van der Waals surface area contributed by atoms with Crippen LogP contribution in [0.2, 0.25) is 0 Å². The van der Waals surface area contributed by atoms with Gasteiger partial charge in [0.1, 0.15) is 0 Å². The first-order chi connectivity index (χ1) is 8.90. The number of rotatable bonds is 6. The zero-order chi connectivity index (χ0) is 14.4. The molecule has 2 atom stereocenters. The molecule has 106 valence electrons. The van der Waals surface area contributed by atoms with Crippen LogP contribution in [0.1, 0.15) is 19.8 Å². The van der Waals surface area contributed by atoms with Crippen molar-refractivity contribution >= 4 is 11.9 Å². The molecule has 19 heavy (non-hydrogen) atoms. The Morgan fingerprint density at radius 2 is 1.74 bits per heavy atom. The van der Waals surface area contributed by atoms with Gasteiger partial charge in [-0.05, 0) is 13.3 Å². The zero-order valence-corrected chi connectivity index (χ0v) is 10.8. The summed E-state index contributed by atoms with van der Waals surface area (Å²) in [5.41, 5.74) is 0.632. The summed E-state index contributed by atoms with van der Waals surface area (Å²) in [6, 6.07) is 0. The lowest BCUT2D eigenvalue weighted by Gasteiger charge is -1.92. The molecule has 2 heterocycles. The van der Waals surface area contributed by atoms with Crippen molar-refractivity contribution in [2.45, 2.75) is 32.0 Å². The number of epoxide rings is 2. The van der Waals surface area contributed by atoms with Crippen molar-refractivity contribution in [3.63, 3.8) is 0 Å². The maximum Gasteiger partial charge on any atom is 0.331 e. The predicted molar refractivity (Wildman–Crippen MR) is 66.9 cm³/mol. The van der Waals surface area contributed by atoms with E-state index in [1.807, 2.05) is 0 Å². The Hall–Kier alpha value is -1.66. The van der Waals surface area contributed by atoms with Crippen LogP contribution in [0.4, 0.5) is 0 Å². The summed E-state index contributed by atoms with van der Waals surface area (Å²) in [6.07, 6.45) is 3.32. The van der Waals surface area contributed by atoms with E-state index >= 15 is 0 Å². The number of aliphatic carboxylic acids is 2. The summed E-state index contributed by atoms with van der Waals surface area (Å²) in [6.45, 7) is 6.41. The summed E-state index contributed by atoms with van der Waals surface area (Å²) < 4.78 is 9.71. The third-order valence-corrected chi connectivity index (χ3v) is 2.61. The van der Waals surface area contributed by atoms with Crippen LogP contribution >= 0.6 is 0 Å². The van der Waals surface area contributed by atoms with E-state index in [0.29, 0.717) is 18.6 Å². The minimum atomic E-state index is -0.925. The lowest BCUT2D eigenvalue weighted by molar-refractivity contribution is -0.133. The van der Waals surface area contributed by atoms with Crippen molar-refractivity contribution in [1.29, 1.82) is 0 Å². The quantitative estimate of drug-likeness (QED) is 0.556. The SMILES string of the molecule is C=C(CC1CO1)C(=O)O.CC(=CCC1CO1)C(=O)O. The smallest absolute Gasteiger partial charge is 0.331 e. The summed E-state index contributed by atoms with van der Waals surface area (Å²) >= 11 is 0. The monoisotopic (exact) mass is 270 g/mol. The first kappa shape index (κ1) is 15.4. The molecule has 2 unspecified atom stereocenters. The molecule has 0 radical (unpaired) electrons. The van der Waals surface area contributed by atoms with Gasteiger partial charge in [-0.3, -0.25) is 0 Å². The fraction of sp³-hybridized carbons (Fsp3) is 0.538. The van der Waals surface area contributed by atoms with Gasteiger partial charge in [-0.1, -0.05) is 12.7 Å². The molecule has 2 aliphatic heterocycles. The number of carboxylic acids is 2. The van der Waals surface area contributed by atoms with Gasteiger partial charge in [0.15, 0.2) is 0 Å². The maximum absolute atomic E-state index is 10.2. The lowest BCUT2D eigenvalue weighted by atomic mass is 10.2. The molecule has 0 aromatic rings. The second-order valence-electron chi connectivity index (χ2n) is 4.45. The summed E-state index contributed by atoms with van der Waals surface area (Å²) in [5, 5.41) is 16.7. The van der Waals surface area contributed by atoms with Crippen molar-refractivity contribution in [2.75, 3.05) is 13.2 Å². The highest BCUT2D eigenvalue weighted by atomic mass is 16.6. The molecule has 0 aromatic heterocycles. The van der Waals surface area contributed by atoms with Crippen molar-refractivity contribution < 1.29 is 29.3 Å². The Kier molecular flexibility index (Phi) is 5.72. The average molecular weight is 270 g/mol. The molecular formula is C13H18O6. The maximum atomic E-state index is 10.2. The van der Waals surface area contributed by atoms with Gasteiger partial charge in [-0.15, -0.1) is 0 Å². The molecule has 0 amide bonds. The fourth-order valence-electron chi connectivity index (χ4n) is 1.15. The molecule has 0 saturated carbocycles. The number of ether oxygens (including phenoxy) is 2. The molecule has 2 saturated heterocycles. The molecule has 0 aliphatic carbocycles. The van der Waals surface area contributed by atoms with Gasteiger partial charge in [-0.25, -0.2) is 9.59 Å². The Labute approximate surface area is 111 Å². The van der Waals surface area contributed by atoms with Gasteiger partial charge in [0.05, 0.1) is 25.4 Å². The number of hydrogen-bond donors (Lipinski definition) is 2. The molecular weight excluding hydrogens is 252 g/mol.